The summed E-state index contributed by atoms with van der Waals surface area (Å²) in [6.45, 7) is 2.97. The van der Waals surface area contributed by atoms with E-state index in [2.05, 4.69) is 10.3 Å². The van der Waals surface area contributed by atoms with Gasteiger partial charge in [0.15, 0.2) is 4.34 Å². The highest BCUT2D eigenvalue weighted by atomic mass is 32.2. The second-order valence-electron chi connectivity index (χ2n) is 6.83. The molecule has 2 aromatic carbocycles. The standard InChI is InChI=1S/C20H21N3O3S3/c1-14(27-20-22-17-6-2-3-7-18(17)28-20)19(24)21-15-8-10-16(11-9-15)29(25,26)23-12-4-5-13-23/h2-3,6-11,14H,4-5,12-13H2,1H3,(H,21,24)/t14-/m0/s1. The van der Waals surface area contributed by atoms with Crippen LogP contribution in [0.5, 0.6) is 0 Å². The SMILES string of the molecule is C[C@H](Sc1nc2ccccc2s1)C(=O)Nc1ccc(S(=O)(=O)N2CCCC2)cc1. The Hall–Kier alpha value is -1.94. The number of thioether (sulfide) groups is 1. The van der Waals surface area contributed by atoms with Crippen LogP contribution in [0.25, 0.3) is 10.2 Å². The zero-order valence-corrected chi connectivity index (χ0v) is 18.3. The molecule has 1 amide bonds. The lowest BCUT2D eigenvalue weighted by Gasteiger charge is -2.16. The molecule has 1 aromatic heterocycles. The number of amides is 1. The summed E-state index contributed by atoms with van der Waals surface area (Å²) in [7, 11) is -3.44. The average Bonchev–Trinajstić information content (AvgIpc) is 3.38. The summed E-state index contributed by atoms with van der Waals surface area (Å²) in [5, 5.41) is 2.52. The van der Waals surface area contributed by atoms with Gasteiger partial charge in [-0.1, -0.05) is 23.9 Å². The van der Waals surface area contributed by atoms with Gasteiger partial charge in [-0.05, 0) is 56.2 Å². The van der Waals surface area contributed by atoms with E-state index >= 15 is 0 Å². The minimum atomic E-state index is -3.44. The van der Waals surface area contributed by atoms with Gasteiger partial charge in [0.05, 0.1) is 20.4 Å². The molecular formula is C20H21N3O3S3. The van der Waals surface area contributed by atoms with Crippen LogP contribution in [0.3, 0.4) is 0 Å². The molecule has 1 aliphatic heterocycles. The van der Waals surface area contributed by atoms with Gasteiger partial charge in [0.25, 0.3) is 0 Å². The maximum atomic E-state index is 12.6. The smallest absolute Gasteiger partial charge is 0.243 e. The lowest BCUT2D eigenvalue weighted by Crippen LogP contribution is -2.27. The molecule has 3 aromatic rings. The van der Waals surface area contributed by atoms with Crippen molar-refractivity contribution >= 4 is 54.9 Å². The first-order valence-electron chi connectivity index (χ1n) is 9.37. The fourth-order valence-corrected chi connectivity index (χ4v) is 6.87. The molecule has 4 rings (SSSR count). The number of sulfonamides is 1. The van der Waals surface area contributed by atoms with Gasteiger partial charge in [0.2, 0.25) is 15.9 Å². The van der Waals surface area contributed by atoms with Crippen LogP contribution in [0.15, 0.2) is 57.8 Å². The van der Waals surface area contributed by atoms with E-state index in [0.717, 1.165) is 27.4 Å². The highest BCUT2D eigenvalue weighted by Gasteiger charge is 2.27. The van der Waals surface area contributed by atoms with Crippen LogP contribution >= 0.6 is 23.1 Å². The first-order valence-corrected chi connectivity index (χ1v) is 12.5. The highest BCUT2D eigenvalue weighted by molar-refractivity contribution is 8.02. The third-order valence-corrected chi connectivity index (χ3v) is 8.89. The predicted molar refractivity (Wildman–Crippen MR) is 118 cm³/mol. The molecular weight excluding hydrogens is 426 g/mol. The fourth-order valence-electron chi connectivity index (χ4n) is 3.14. The van der Waals surface area contributed by atoms with E-state index in [1.165, 1.54) is 16.1 Å². The van der Waals surface area contributed by atoms with Gasteiger partial charge in [0, 0.05) is 18.8 Å². The molecule has 0 radical (unpaired) electrons. The van der Waals surface area contributed by atoms with Crippen LogP contribution in [0, 0.1) is 0 Å². The Balaban J connectivity index is 1.39. The number of para-hydroxylation sites is 1. The number of nitrogens with one attached hydrogen (secondary N) is 1. The average molecular weight is 448 g/mol. The zero-order valence-electron chi connectivity index (χ0n) is 15.9. The molecule has 1 aliphatic rings. The number of hydrogen-bond acceptors (Lipinski definition) is 6. The quantitative estimate of drug-likeness (QED) is 0.573. The third kappa shape index (κ3) is 4.48. The molecule has 0 aliphatic carbocycles. The number of fused-ring (bicyclic) bond motifs is 1. The number of carbonyl (C=O) groups excluding carboxylic acids is 1. The van der Waals surface area contributed by atoms with E-state index in [9.17, 15) is 13.2 Å². The molecule has 1 fully saturated rings. The molecule has 0 saturated carbocycles. The molecule has 6 nitrogen and oxygen atoms in total. The molecule has 1 saturated heterocycles. The molecule has 0 spiro atoms. The van der Waals surface area contributed by atoms with Crippen molar-refractivity contribution < 1.29 is 13.2 Å². The molecule has 9 heteroatoms. The van der Waals surface area contributed by atoms with Gasteiger partial charge in [0.1, 0.15) is 0 Å². The summed E-state index contributed by atoms with van der Waals surface area (Å²) in [5.41, 5.74) is 1.51. The molecule has 2 heterocycles. The Kier molecular flexibility index (Phi) is 5.91. The van der Waals surface area contributed by atoms with Crippen LogP contribution in [0.1, 0.15) is 19.8 Å². The fraction of sp³-hybridized carbons (Fsp3) is 0.300. The molecule has 29 heavy (non-hydrogen) atoms. The minimum absolute atomic E-state index is 0.149. The van der Waals surface area contributed by atoms with Crippen molar-refractivity contribution in [1.82, 2.24) is 9.29 Å². The van der Waals surface area contributed by atoms with Crippen molar-refractivity contribution in [2.45, 2.75) is 34.3 Å². The lowest BCUT2D eigenvalue weighted by molar-refractivity contribution is -0.115. The first-order chi connectivity index (χ1) is 13.9. The number of thiazole rings is 1. The van der Waals surface area contributed by atoms with E-state index in [1.807, 2.05) is 31.2 Å². The Morgan fingerprint density at radius 1 is 1.14 bits per heavy atom. The molecule has 1 N–H and O–H groups in total. The maximum absolute atomic E-state index is 12.6. The third-order valence-electron chi connectivity index (χ3n) is 4.75. The summed E-state index contributed by atoms with van der Waals surface area (Å²) in [6, 6.07) is 14.3. The lowest BCUT2D eigenvalue weighted by atomic mass is 10.3. The van der Waals surface area contributed by atoms with Gasteiger partial charge in [-0.15, -0.1) is 11.3 Å². The van der Waals surface area contributed by atoms with Crippen LogP contribution in [0.4, 0.5) is 5.69 Å². The second kappa shape index (κ2) is 8.43. The van der Waals surface area contributed by atoms with Gasteiger partial charge in [-0.25, -0.2) is 13.4 Å². The molecule has 0 unspecified atom stereocenters. The van der Waals surface area contributed by atoms with Crippen molar-refractivity contribution in [3.63, 3.8) is 0 Å². The number of carbonyl (C=O) groups is 1. The van der Waals surface area contributed by atoms with Crippen LogP contribution in [0.2, 0.25) is 0 Å². The number of aromatic nitrogens is 1. The van der Waals surface area contributed by atoms with E-state index in [-0.39, 0.29) is 16.1 Å². The van der Waals surface area contributed by atoms with Gasteiger partial charge in [-0.2, -0.15) is 4.31 Å². The Morgan fingerprint density at radius 2 is 1.83 bits per heavy atom. The number of rotatable bonds is 6. The van der Waals surface area contributed by atoms with Crippen molar-refractivity contribution in [1.29, 1.82) is 0 Å². The number of hydrogen-bond donors (Lipinski definition) is 1. The highest BCUT2D eigenvalue weighted by Crippen LogP contribution is 2.32. The van der Waals surface area contributed by atoms with Gasteiger partial charge in [-0.3, -0.25) is 4.79 Å². The van der Waals surface area contributed by atoms with E-state index in [1.54, 1.807) is 35.6 Å². The monoisotopic (exact) mass is 447 g/mol. The largest absolute Gasteiger partial charge is 0.325 e. The number of nitrogens with zero attached hydrogens (tertiary/aromatic N) is 2. The first kappa shape index (κ1) is 20.3. The Morgan fingerprint density at radius 3 is 2.52 bits per heavy atom. The van der Waals surface area contributed by atoms with Crippen molar-refractivity contribution in [3.05, 3.63) is 48.5 Å². The van der Waals surface area contributed by atoms with E-state index in [0.29, 0.717) is 18.8 Å². The number of anilines is 1. The predicted octanol–water partition coefficient (Wildman–Crippen LogP) is 4.20. The van der Waals surface area contributed by atoms with Crippen LogP contribution in [-0.2, 0) is 14.8 Å². The van der Waals surface area contributed by atoms with Gasteiger partial charge < -0.3 is 5.32 Å². The van der Waals surface area contributed by atoms with E-state index in [4.69, 9.17) is 0 Å². The Bertz CT molecular complexity index is 1090. The topological polar surface area (TPSA) is 79.4 Å². The summed E-state index contributed by atoms with van der Waals surface area (Å²) in [4.78, 5) is 17.3. The normalized spacial score (nSPS) is 16.2. The number of benzene rings is 2. The summed E-state index contributed by atoms with van der Waals surface area (Å²) in [5.74, 6) is -0.149. The zero-order chi connectivity index (χ0) is 20.4. The van der Waals surface area contributed by atoms with E-state index < -0.39 is 10.0 Å². The summed E-state index contributed by atoms with van der Waals surface area (Å²) >= 11 is 2.98. The maximum Gasteiger partial charge on any atom is 0.243 e. The van der Waals surface area contributed by atoms with Crippen molar-refractivity contribution in [2.75, 3.05) is 18.4 Å². The summed E-state index contributed by atoms with van der Waals surface area (Å²) in [6.07, 6.45) is 1.80. The Labute approximate surface area is 178 Å². The van der Waals surface area contributed by atoms with Crippen molar-refractivity contribution in [2.24, 2.45) is 0 Å². The molecule has 152 valence electrons. The van der Waals surface area contributed by atoms with Crippen LogP contribution < -0.4 is 5.32 Å². The van der Waals surface area contributed by atoms with Gasteiger partial charge >= 0.3 is 0 Å². The van der Waals surface area contributed by atoms with Crippen LogP contribution in [-0.4, -0.2) is 42.0 Å². The summed E-state index contributed by atoms with van der Waals surface area (Å²) < 4.78 is 28.6. The molecule has 0 bridgehead atoms. The van der Waals surface area contributed by atoms with Crippen molar-refractivity contribution in [3.8, 4) is 0 Å². The second-order valence-corrected chi connectivity index (χ2v) is 11.4. The molecule has 1 atom stereocenters. The minimum Gasteiger partial charge on any atom is -0.325 e.